The second-order valence-electron chi connectivity index (χ2n) is 3.00. The summed E-state index contributed by atoms with van der Waals surface area (Å²) in [6.07, 6.45) is 2.86. The Kier molecular flexibility index (Phi) is 1.90. The van der Waals surface area contributed by atoms with E-state index in [4.69, 9.17) is 0 Å². The van der Waals surface area contributed by atoms with Crippen LogP contribution in [0.1, 0.15) is 26.7 Å². The normalized spacial score (nSPS) is 39.8. The Morgan fingerprint density at radius 1 is 1.38 bits per heavy atom. The smallest absolute Gasteiger partial charge is 0.0856 e. The molecule has 1 aliphatic heterocycles. The third-order valence-corrected chi connectivity index (χ3v) is 2.30. The van der Waals surface area contributed by atoms with Crippen LogP contribution in [0.2, 0.25) is 0 Å². The van der Waals surface area contributed by atoms with E-state index in [9.17, 15) is 0 Å². The molecule has 1 heterocycles. The van der Waals surface area contributed by atoms with Crippen LogP contribution in [-0.4, -0.2) is 12.6 Å². The van der Waals surface area contributed by atoms with Crippen molar-refractivity contribution in [2.24, 2.45) is 5.92 Å². The molecular formula is C7H16N+. The largest absolute Gasteiger partial charge is 0.344 e. The molecule has 0 unspecified atom stereocenters. The van der Waals surface area contributed by atoms with Crippen molar-refractivity contribution in [3.8, 4) is 0 Å². The molecule has 0 saturated carbocycles. The zero-order valence-electron chi connectivity index (χ0n) is 5.85. The van der Waals surface area contributed by atoms with Crippen molar-refractivity contribution in [3.05, 3.63) is 0 Å². The fourth-order valence-electron chi connectivity index (χ4n) is 1.32. The maximum absolute atomic E-state index is 2.45. The Bertz CT molecular complexity index is 60.8. The van der Waals surface area contributed by atoms with Gasteiger partial charge in [-0.3, -0.25) is 0 Å². The summed E-state index contributed by atoms with van der Waals surface area (Å²) < 4.78 is 0. The molecule has 0 spiro atoms. The molecule has 0 aromatic carbocycles. The molecule has 1 saturated heterocycles. The predicted molar refractivity (Wildman–Crippen MR) is 34.7 cm³/mol. The van der Waals surface area contributed by atoms with E-state index in [1.807, 2.05) is 0 Å². The summed E-state index contributed by atoms with van der Waals surface area (Å²) >= 11 is 0. The van der Waals surface area contributed by atoms with E-state index in [-0.39, 0.29) is 0 Å². The highest BCUT2D eigenvalue weighted by Gasteiger charge is 2.18. The van der Waals surface area contributed by atoms with Crippen LogP contribution in [0.3, 0.4) is 0 Å². The van der Waals surface area contributed by atoms with Crippen LogP contribution in [0.4, 0.5) is 0 Å². The molecule has 0 aromatic rings. The fourth-order valence-corrected chi connectivity index (χ4v) is 1.32. The molecule has 0 radical (unpaired) electrons. The van der Waals surface area contributed by atoms with E-state index in [0.717, 1.165) is 12.0 Å². The first-order chi connectivity index (χ1) is 3.80. The van der Waals surface area contributed by atoms with Gasteiger partial charge in [-0.25, -0.2) is 0 Å². The van der Waals surface area contributed by atoms with Gasteiger partial charge in [0.25, 0.3) is 0 Å². The summed E-state index contributed by atoms with van der Waals surface area (Å²) in [5.74, 6) is 0.948. The highest BCUT2D eigenvalue weighted by atomic mass is 14.9. The van der Waals surface area contributed by atoms with E-state index < -0.39 is 0 Å². The lowest BCUT2D eigenvalue weighted by Gasteiger charge is -2.22. The molecule has 8 heavy (non-hydrogen) atoms. The molecule has 1 nitrogen and oxygen atoms in total. The Hall–Kier alpha value is -0.0400. The van der Waals surface area contributed by atoms with Gasteiger partial charge in [-0.1, -0.05) is 6.92 Å². The van der Waals surface area contributed by atoms with Gasteiger partial charge in [0.1, 0.15) is 0 Å². The number of piperidine rings is 1. The number of nitrogens with two attached hydrogens (primary N) is 1. The summed E-state index contributed by atoms with van der Waals surface area (Å²) in [5, 5.41) is 2.45. The lowest BCUT2D eigenvalue weighted by atomic mass is 9.94. The first-order valence-corrected chi connectivity index (χ1v) is 3.64. The summed E-state index contributed by atoms with van der Waals surface area (Å²) in [6, 6.07) is 0.878. The average molecular weight is 114 g/mol. The van der Waals surface area contributed by atoms with Gasteiger partial charge >= 0.3 is 0 Å². The quantitative estimate of drug-likeness (QED) is 0.468. The topological polar surface area (TPSA) is 16.6 Å². The molecule has 2 atom stereocenters. The standard InChI is InChI=1S/C7H15N/c1-6-4-3-5-8-7(6)2/h6-8H,3-5H2,1-2H3/p+1/t6-,7+/m1/s1. The van der Waals surface area contributed by atoms with Crippen LogP contribution >= 0.6 is 0 Å². The molecule has 1 aliphatic rings. The third kappa shape index (κ3) is 1.22. The lowest BCUT2D eigenvalue weighted by molar-refractivity contribution is -0.700. The fraction of sp³-hybridized carbons (Fsp3) is 1.00. The number of hydrogen-bond donors (Lipinski definition) is 1. The van der Waals surface area contributed by atoms with Gasteiger partial charge < -0.3 is 5.32 Å². The maximum atomic E-state index is 2.45. The minimum absolute atomic E-state index is 0.878. The number of rotatable bonds is 0. The highest BCUT2D eigenvalue weighted by Crippen LogP contribution is 2.09. The van der Waals surface area contributed by atoms with Gasteiger partial charge in [-0.2, -0.15) is 0 Å². The molecule has 2 N–H and O–H groups in total. The van der Waals surface area contributed by atoms with E-state index in [1.54, 1.807) is 0 Å². The SMILES string of the molecule is C[C@@H]1CCC[NH2+][C@H]1C. The van der Waals surface area contributed by atoms with Crippen molar-refractivity contribution in [1.29, 1.82) is 0 Å². The molecule has 48 valence electrons. The van der Waals surface area contributed by atoms with E-state index in [0.29, 0.717) is 0 Å². The summed E-state index contributed by atoms with van der Waals surface area (Å²) in [6.45, 7) is 6.02. The molecule has 0 bridgehead atoms. The van der Waals surface area contributed by atoms with Crippen molar-refractivity contribution in [1.82, 2.24) is 0 Å². The van der Waals surface area contributed by atoms with Gasteiger partial charge in [0.2, 0.25) is 0 Å². The summed E-state index contributed by atoms with van der Waals surface area (Å²) in [7, 11) is 0. The van der Waals surface area contributed by atoms with Gasteiger partial charge in [0.05, 0.1) is 12.6 Å². The van der Waals surface area contributed by atoms with Crippen molar-refractivity contribution in [2.45, 2.75) is 32.7 Å². The average Bonchev–Trinajstić information content (AvgIpc) is 1.77. The second-order valence-corrected chi connectivity index (χ2v) is 3.00. The third-order valence-electron chi connectivity index (χ3n) is 2.30. The molecule has 1 rings (SSSR count). The first kappa shape index (κ1) is 6.09. The first-order valence-electron chi connectivity index (χ1n) is 3.64. The number of hydrogen-bond acceptors (Lipinski definition) is 0. The van der Waals surface area contributed by atoms with E-state index >= 15 is 0 Å². The van der Waals surface area contributed by atoms with Gasteiger partial charge in [-0.05, 0) is 19.8 Å². The van der Waals surface area contributed by atoms with E-state index in [1.165, 1.54) is 19.4 Å². The zero-order valence-corrected chi connectivity index (χ0v) is 5.85. The summed E-state index contributed by atoms with van der Waals surface area (Å²) in [5.41, 5.74) is 0. The Labute approximate surface area is 51.5 Å². The Morgan fingerprint density at radius 3 is 2.50 bits per heavy atom. The van der Waals surface area contributed by atoms with Crippen molar-refractivity contribution in [2.75, 3.05) is 6.54 Å². The maximum Gasteiger partial charge on any atom is 0.0856 e. The molecule has 1 heteroatoms. The highest BCUT2D eigenvalue weighted by molar-refractivity contribution is 4.61. The van der Waals surface area contributed by atoms with Crippen LogP contribution in [0.5, 0.6) is 0 Å². The second kappa shape index (κ2) is 2.49. The Balaban J connectivity index is 2.28. The van der Waals surface area contributed by atoms with Crippen molar-refractivity contribution >= 4 is 0 Å². The van der Waals surface area contributed by atoms with Crippen LogP contribution < -0.4 is 5.32 Å². The van der Waals surface area contributed by atoms with Crippen molar-refractivity contribution < 1.29 is 5.32 Å². The predicted octanol–water partition coefficient (Wildman–Crippen LogP) is 0.368. The van der Waals surface area contributed by atoms with Crippen LogP contribution in [-0.2, 0) is 0 Å². The molecule has 1 fully saturated rings. The molecule has 0 aliphatic carbocycles. The van der Waals surface area contributed by atoms with Crippen LogP contribution in [0.25, 0.3) is 0 Å². The van der Waals surface area contributed by atoms with Gasteiger partial charge in [0, 0.05) is 5.92 Å². The van der Waals surface area contributed by atoms with Crippen LogP contribution in [0, 0.1) is 5.92 Å². The summed E-state index contributed by atoms with van der Waals surface area (Å²) in [4.78, 5) is 0. The number of quaternary nitrogens is 1. The van der Waals surface area contributed by atoms with Crippen LogP contribution in [0.15, 0.2) is 0 Å². The van der Waals surface area contributed by atoms with E-state index in [2.05, 4.69) is 19.2 Å². The molecular weight excluding hydrogens is 98.1 g/mol. The van der Waals surface area contributed by atoms with Gasteiger partial charge in [-0.15, -0.1) is 0 Å². The molecule has 0 aromatic heterocycles. The zero-order chi connectivity index (χ0) is 5.98. The lowest BCUT2D eigenvalue weighted by Crippen LogP contribution is -2.92. The van der Waals surface area contributed by atoms with Crippen molar-refractivity contribution in [3.63, 3.8) is 0 Å². The monoisotopic (exact) mass is 114 g/mol. The Morgan fingerprint density at radius 2 is 2.12 bits per heavy atom. The van der Waals surface area contributed by atoms with Gasteiger partial charge in [0.15, 0.2) is 0 Å². The minimum Gasteiger partial charge on any atom is -0.344 e. The minimum atomic E-state index is 0.878. The molecule has 0 amide bonds.